The Labute approximate surface area is 129 Å². The number of amides is 1. The Morgan fingerprint density at radius 3 is 2.77 bits per heavy atom. The quantitative estimate of drug-likeness (QED) is 0.860. The van der Waals surface area contributed by atoms with E-state index in [0.29, 0.717) is 0 Å². The van der Waals surface area contributed by atoms with Crippen molar-refractivity contribution < 1.29 is 14.3 Å². The topological polar surface area (TPSA) is 73.2 Å². The van der Waals surface area contributed by atoms with Crippen LogP contribution in [0.15, 0.2) is 30.6 Å². The third-order valence-electron chi connectivity index (χ3n) is 3.14. The molecular weight excluding hydrogens is 282 g/mol. The maximum absolute atomic E-state index is 12.1. The maximum atomic E-state index is 12.1. The molecule has 0 saturated carbocycles. The number of carbonyl (C=O) groups is 2. The van der Waals surface area contributed by atoms with E-state index in [0.717, 1.165) is 16.8 Å². The number of aromatic nitrogens is 2. The van der Waals surface area contributed by atoms with Gasteiger partial charge in [0.25, 0.3) is 0 Å². The Bertz CT molecular complexity index is 692. The first-order chi connectivity index (χ1) is 10.5. The van der Waals surface area contributed by atoms with Gasteiger partial charge in [-0.15, -0.1) is 0 Å². The lowest BCUT2D eigenvalue weighted by Gasteiger charge is -2.10. The van der Waals surface area contributed by atoms with Gasteiger partial charge in [0.05, 0.1) is 6.61 Å². The first kappa shape index (κ1) is 15.8. The molecule has 0 atom stereocenters. The minimum absolute atomic E-state index is 0.00145. The Morgan fingerprint density at radius 1 is 1.32 bits per heavy atom. The molecule has 0 spiro atoms. The molecular formula is C16H19N3O3. The number of aryl methyl sites for hydroxylation is 2. The standard InChI is InChI=1S/C16H19N3O3/c1-4-22-16(21)15-17-7-8-19(15)10-14(20)18-13-6-5-11(2)9-12(13)3/h5-9H,4,10H2,1-3H3,(H,18,20). The smallest absolute Gasteiger partial charge is 0.374 e. The van der Waals surface area contributed by atoms with Gasteiger partial charge in [0.15, 0.2) is 0 Å². The van der Waals surface area contributed by atoms with Crippen LogP contribution in [-0.4, -0.2) is 28.0 Å². The van der Waals surface area contributed by atoms with Crippen molar-refractivity contribution >= 4 is 17.6 Å². The van der Waals surface area contributed by atoms with Crippen LogP contribution < -0.4 is 5.32 Å². The summed E-state index contributed by atoms with van der Waals surface area (Å²) in [6.07, 6.45) is 3.05. The fourth-order valence-electron chi connectivity index (χ4n) is 2.12. The summed E-state index contributed by atoms with van der Waals surface area (Å²) in [5.74, 6) is -0.639. The molecule has 0 aliphatic heterocycles. The lowest BCUT2D eigenvalue weighted by atomic mass is 10.1. The number of benzene rings is 1. The summed E-state index contributed by atoms with van der Waals surface area (Å²) in [6, 6.07) is 5.80. The van der Waals surface area contributed by atoms with Crippen molar-refractivity contribution in [2.75, 3.05) is 11.9 Å². The molecule has 1 heterocycles. The van der Waals surface area contributed by atoms with Crippen LogP contribution in [0.2, 0.25) is 0 Å². The molecule has 0 fully saturated rings. The molecule has 1 N–H and O–H groups in total. The van der Waals surface area contributed by atoms with Gasteiger partial charge in [-0.2, -0.15) is 0 Å². The molecule has 0 radical (unpaired) electrons. The Morgan fingerprint density at radius 2 is 2.09 bits per heavy atom. The third kappa shape index (κ3) is 3.72. The number of hydrogen-bond donors (Lipinski definition) is 1. The van der Waals surface area contributed by atoms with E-state index in [1.165, 1.54) is 10.8 Å². The van der Waals surface area contributed by atoms with Gasteiger partial charge >= 0.3 is 5.97 Å². The molecule has 6 heteroatoms. The summed E-state index contributed by atoms with van der Waals surface area (Å²) in [5.41, 5.74) is 2.88. The zero-order valence-corrected chi connectivity index (χ0v) is 12.9. The Balaban J connectivity index is 2.06. The molecule has 22 heavy (non-hydrogen) atoms. The zero-order chi connectivity index (χ0) is 16.1. The lowest BCUT2D eigenvalue weighted by Crippen LogP contribution is -2.22. The number of carbonyl (C=O) groups excluding carboxylic acids is 2. The van der Waals surface area contributed by atoms with E-state index in [1.54, 1.807) is 13.1 Å². The molecule has 1 amide bonds. The number of ether oxygens (including phenoxy) is 1. The van der Waals surface area contributed by atoms with E-state index in [9.17, 15) is 9.59 Å². The second-order valence-corrected chi connectivity index (χ2v) is 4.97. The minimum atomic E-state index is -0.535. The first-order valence-corrected chi connectivity index (χ1v) is 7.06. The molecule has 0 saturated heterocycles. The SMILES string of the molecule is CCOC(=O)c1nccn1CC(=O)Nc1ccc(C)cc1C. The summed E-state index contributed by atoms with van der Waals surface area (Å²) in [7, 11) is 0. The summed E-state index contributed by atoms with van der Waals surface area (Å²) in [4.78, 5) is 27.8. The highest BCUT2D eigenvalue weighted by Crippen LogP contribution is 2.16. The van der Waals surface area contributed by atoms with Crippen molar-refractivity contribution in [2.45, 2.75) is 27.3 Å². The molecule has 2 aromatic rings. The van der Waals surface area contributed by atoms with Crippen LogP contribution in [0.3, 0.4) is 0 Å². The van der Waals surface area contributed by atoms with Crippen LogP contribution >= 0.6 is 0 Å². The van der Waals surface area contributed by atoms with Gasteiger partial charge in [0.2, 0.25) is 11.7 Å². The number of esters is 1. The predicted molar refractivity (Wildman–Crippen MR) is 82.7 cm³/mol. The van der Waals surface area contributed by atoms with Gasteiger partial charge in [0, 0.05) is 18.1 Å². The van der Waals surface area contributed by atoms with E-state index >= 15 is 0 Å². The lowest BCUT2D eigenvalue weighted by molar-refractivity contribution is -0.116. The van der Waals surface area contributed by atoms with E-state index < -0.39 is 5.97 Å². The predicted octanol–water partition coefficient (Wildman–Crippen LogP) is 2.32. The highest BCUT2D eigenvalue weighted by Gasteiger charge is 2.16. The van der Waals surface area contributed by atoms with Crippen molar-refractivity contribution in [2.24, 2.45) is 0 Å². The van der Waals surface area contributed by atoms with Gasteiger partial charge in [-0.1, -0.05) is 17.7 Å². The van der Waals surface area contributed by atoms with Crippen LogP contribution in [0.1, 0.15) is 28.7 Å². The number of nitrogens with zero attached hydrogens (tertiary/aromatic N) is 2. The molecule has 1 aromatic heterocycles. The number of anilines is 1. The average Bonchev–Trinajstić information content (AvgIpc) is 2.90. The van der Waals surface area contributed by atoms with Gasteiger partial charge in [0.1, 0.15) is 6.54 Å². The number of imidazole rings is 1. The molecule has 116 valence electrons. The van der Waals surface area contributed by atoms with Crippen LogP contribution in [0.25, 0.3) is 0 Å². The maximum Gasteiger partial charge on any atom is 0.374 e. The van der Waals surface area contributed by atoms with Crippen molar-refractivity contribution in [3.05, 3.63) is 47.5 Å². The van der Waals surface area contributed by atoms with E-state index in [4.69, 9.17) is 4.74 Å². The summed E-state index contributed by atoms with van der Waals surface area (Å²) in [6.45, 7) is 5.92. The van der Waals surface area contributed by atoms with Gasteiger partial charge in [-0.05, 0) is 32.4 Å². The van der Waals surface area contributed by atoms with Crippen LogP contribution in [0, 0.1) is 13.8 Å². The molecule has 6 nitrogen and oxygen atoms in total. The Kier molecular flexibility index (Phi) is 4.93. The van der Waals surface area contributed by atoms with Gasteiger partial charge < -0.3 is 14.6 Å². The highest BCUT2D eigenvalue weighted by atomic mass is 16.5. The first-order valence-electron chi connectivity index (χ1n) is 7.06. The molecule has 0 bridgehead atoms. The largest absolute Gasteiger partial charge is 0.460 e. The fourth-order valence-corrected chi connectivity index (χ4v) is 2.12. The highest BCUT2D eigenvalue weighted by molar-refractivity contribution is 5.92. The summed E-state index contributed by atoms with van der Waals surface area (Å²) >= 11 is 0. The third-order valence-corrected chi connectivity index (χ3v) is 3.14. The normalized spacial score (nSPS) is 10.3. The zero-order valence-electron chi connectivity index (χ0n) is 12.9. The second kappa shape index (κ2) is 6.89. The van der Waals surface area contributed by atoms with Crippen molar-refractivity contribution in [3.8, 4) is 0 Å². The minimum Gasteiger partial charge on any atom is -0.460 e. The average molecular weight is 301 g/mol. The summed E-state index contributed by atoms with van der Waals surface area (Å²) < 4.78 is 6.37. The molecule has 2 rings (SSSR count). The van der Waals surface area contributed by atoms with Crippen molar-refractivity contribution in [1.29, 1.82) is 0 Å². The Hall–Kier alpha value is -2.63. The summed E-state index contributed by atoms with van der Waals surface area (Å²) in [5, 5.41) is 2.83. The van der Waals surface area contributed by atoms with Gasteiger partial charge in [-0.25, -0.2) is 9.78 Å². The van der Waals surface area contributed by atoms with Crippen LogP contribution in [0.5, 0.6) is 0 Å². The molecule has 1 aromatic carbocycles. The van der Waals surface area contributed by atoms with E-state index in [-0.39, 0.29) is 24.9 Å². The fraction of sp³-hybridized carbons (Fsp3) is 0.312. The number of hydrogen-bond acceptors (Lipinski definition) is 4. The second-order valence-electron chi connectivity index (χ2n) is 4.97. The van der Waals surface area contributed by atoms with Crippen molar-refractivity contribution in [1.82, 2.24) is 9.55 Å². The number of nitrogens with one attached hydrogen (secondary N) is 1. The van der Waals surface area contributed by atoms with Crippen LogP contribution in [-0.2, 0) is 16.1 Å². The monoisotopic (exact) mass is 301 g/mol. The van der Waals surface area contributed by atoms with Gasteiger partial charge in [-0.3, -0.25) is 4.79 Å². The van der Waals surface area contributed by atoms with E-state index in [1.807, 2.05) is 32.0 Å². The van der Waals surface area contributed by atoms with Crippen LogP contribution in [0.4, 0.5) is 5.69 Å². The molecule has 0 unspecified atom stereocenters. The molecule has 0 aliphatic rings. The molecule has 0 aliphatic carbocycles. The van der Waals surface area contributed by atoms with Crippen molar-refractivity contribution in [3.63, 3.8) is 0 Å². The number of rotatable bonds is 5. The van der Waals surface area contributed by atoms with E-state index in [2.05, 4.69) is 10.3 Å².